The summed E-state index contributed by atoms with van der Waals surface area (Å²) < 4.78 is 5.66. The summed E-state index contributed by atoms with van der Waals surface area (Å²) in [7, 11) is 0. The normalized spacial score (nSPS) is 19.4. The average Bonchev–Trinajstić information content (AvgIpc) is 3.57. The van der Waals surface area contributed by atoms with Crippen molar-refractivity contribution < 1.29 is 14.0 Å². The van der Waals surface area contributed by atoms with Gasteiger partial charge in [0.15, 0.2) is 5.78 Å². The van der Waals surface area contributed by atoms with Crippen LogP contribution in [0, 0.1) is 0 Å². The summed E-state index contributed by atoms with van der Waals surface area (Å²) in [4.78, 5) is 30.6. The monoisotopic (exact) mass is 514 g/mol. The largest absolute Gasteiger partial charge is 0.469 e. The number of Topliss-reactive ketones (excluding diaryl/α,β-unsaturated/α-hetero) is 1. The van der Waals surface area contributed by atoms with Crippen molar-refractivity contribution in [3.05, 3.63) is 117 Å². The van der Waals surface area contributed by atoms with Gasteiger partial charge in [0.05, 0.1) is 30.1 Å². The number of ketones is 1. The zero-order valence-electron chi connectivity index (χ0n) is 19.3. The molecule has 0 radical (unpaired) electrons. The van der Waals surface area contributed by atoms with Crippen molar-refractivity contribution in [3.8, 4) is 0 Å². The highest BCUT2D eigenvalue weighted by molar-refractivity contribution is 7.10. The minimum Gasteiger partial charge on any atom is -0.469 e. The van der Waals surface area contributed by atoms with Crippen molar-refractivity contribution in [2.45, 2.75) is 31.2 Å². The fraction of sp³-hybridized carbons (Fsp3) is 0.172. The summed E-state index contributed by atoms with van der Waals surface area (Å²) in [5.74, 6) is 0.668. The topological polar surface area (TPSA) is 62.6 Å². The minimum atomic E-state index is -0.578. The molecule has 180 valence electrons. The van der Waals surface area contributed by atoms with Gasteiger partial charge in [-0.15, -0.1) is 11.3 Å². The van der Waals surface area contributed by atoms with Crippen molar-refractivity contribution in [2.24, 2.45) is 0 Å². The van der Waals surface area contributed by atoms with Crippen LogP contribution in [0.5, 0.6) is 0 Å². The van der Waals surface area contributed by atoms with Crippen molar-refractivity contribution in [3.63, 3.8) is 0 Å². The standard InChI is InChI=1S/C29H23ClN2O3S/c30-20-11-9-18(10-12-20)29-28-23(15-19(16-25(28)33)26-8-3-13-35-26)31-22-6-1-2-7-24(22)32(29)27(34)17-21-5-4-14-36-21/h1-14,19,29,31H,15-17H2/t19-,29+/m1/s1. The van der Waals surface area contributed by atoms with Gasteiger partial charge in [0.2, 0.25) is 5.91 Å². The first-order valence-corrected chi connectivity index (χ1v) is 13.1. The van der Waals surface area contributed by atoms with E-state index in [9.17, 15) is 9.59 Å². The molecule has 1 aliphatic heterocycles. The first kappa shape index (κ1) is 22.8. The third-order valence-corrected chi connectivity index (χ3v) is 7.92. The number of rotatable bonds is 4. The lowest BCUT2D eigenvalue weighted by atomic mass is 9.80. The van der Waals surface area contributed by atoms with Gasteiger partial charge in [0, 0.05) is 33.5 Å². The van der Waals surface area contributed by atoms with Crippen LogP contribution in [0.1, 0.15) is 41.0 Å². The van der Waals surface area contributed by atoms with Crippen LogP contribution in [-0.2, 0) is 16.0 Å². The first-order valence-electron chi connectivity index (χ1n) is 11.8. The van der Waals surface area contributed by atoms with E-state index in [1.54, 1.807) is 22.5 Å². The average molecular weight is 515 g/mol. The predicted molar refractivity (Wildman–Crippen MR) is 142 cm³/mol. The lowest BCUT2D eigenvalue weighted by Crippen LogP contribution is -2.39. The number of carbonyl (C=O) groups excluding carboxylic acids is 2. The smallest absolute Gasteiger partial charge is 0.233 e. The molecule has 6 rings (SSSR count). The second-order valence-corrected chi connectivity index (χ2v) is 10.5. The maximum absolute atomic E-state index is 14.0. The van der Waals surface area contributed by atoms with Gasteiger partial charge < -0.3 is 9.73 Å². The quantitative estimate of drug-likeness (QED) is 0.314. The van der Waals surface area contributed by atoms with Crippen LogP contribution < -0.4 is 10.2 Å². The van der Waals surface area contributed by atoms with Gasteiger partial charge in [-0.3, -0.25) is 14.5 Å². The van der Waals surface area contributed by atoms with Gasteiger partial charge in [-0.25, -0.2) is 0 Å². The van der Waals surface area contributed by atoms with Crippen molar-refractivity contribution in [1.29, 1.82) is 0 Å². The van der Waals surface area contributed by atoms with Crippen molar-refractivity contribution in [2.75, 3.05) is 10.2 Å². The van der Waals surface area contributed by atoms with Crippen molar-refractivity contribution >= 4 is 46.0 Å². The van der Waals surface area contributed by atoms with Gasteiger partial charge in [-0.05, 0) is 59.8 Å². The Morgan fingerprint density at radius 1 is 1.03 bits per heavy atom. The van der Waals surface area contributed by atoms with Crippen LogP contribution >= 0.6 is 22.9 Å². The predicted octanol–water partition coefficient (Wildman–Crippen LogP) is 7.14. The highest BCUT2D eigenvalue weighted by Gasteiger charge is 2.42. The zero-order chi connectivity index (χ0) is 24.6. The molecule has 5 nitrogen and oxygen atoms in total. The molecule has 0 saturated carbocycles. The fourth-order valence-electron chi connectivity index (χ4n) is 5.20. The van der Waals surface area contributed by atoms with E-state index >= 15 is 0 Å². The molecular weight excluding hydrogens is 492 g/mol. The number of nitrogens with zero attached hydrogens (tertiary/aromatic N) is 1. The van der Waals surface area contributed by atoms with Gasteiger partial charge in [-0.2, -0.15) is 0 Å². The third kappa shape index (κ3) is 4.16. The van der Waals surface area contributed by atoms with Crippen LogP contribution in [0.25, 0.3) is 0 Å². The molecule has 2 aromatic carbocycles. The number of thiophene rings is 1. The van der Waals surface area contributed by atoms with E-state index in [1.165, 1.54) is 0 Å². The van der Waals surface area contributed by atoms with Crippen LogP contribution in [-0.4, -0.2) is 11.7 Å². The molecule has 0 unspecified atom stereocenters. The molecule has 4 aromatic rings. The molecule has 7 heteroatoms. The Bertz CT molecular complexity index is 1440. The highest BCUT2D eigenvalue weighted by Crippen LogP contribution is 2.47. The molecular formula is C29H23ClN2O3S. The van der Waals surface area contributed by atoms with Gasteiger partial charge in [0.1, 0.15) is 5.76 Å². The number of amides is 1. The Morgan fingerprint density at radius 2 is 1.86 bits per heavy atom. The highest BCUT2D eigenvalue weighted by atomic mass is 35.5. The number of benzene rings is 2. The molecule has 0 spiro atoms. The molecule has 1 N–H and O–H groups in total. The van der Waals surface area contributed by atoms with Crippen molar-refractivity contribution in [1.82, 2.24) is 0 Å². The summed E-state index contributed by atoms with van der Waals surface area (Å²) in [6.07, 6.45) is 2.82. The Labute approximate surface area is 218 Å². The van der Waals surface area contributed by atoms with E-state index in [4.69, 9.17) is 16.0 Å². The van der Waals surface area contributed by atoms with E-state index in [1.807, 2.05) is 78.2 Å². The second-order valence-electron chi connectivity index (χ2n) is 9.05. The SMILES string of the molecule is O=C1C[C@H](c2ccco2)CC2=C1[C@H](c1ccc(Cl)cc1)N(C(=O)Cc1cccs1)c1ccccc1N2. The first-order chi connectivity index (χ1) is 17.6. The summed E-state index contributed by atoms with van der Waals surface area (Å²) in [5.41, 5.74) is 3.83. The number of nitrogens with one attached hydrogen (secondary N) is 1. The number of hydrogen-bond acceptors (Lipinski definition) is 5. The molecule has 2 atom stereocenters. The summed E-state index contributed by atoms with van der Waals surface area (Å²) in [6, 6.07) is 22.3. The molecule has 0 fully saturated rings. The lowest BCUT2D eigenvalue weighted by molar-refractivity contribution is -0.118. The van der Waals surface area contributed by atoms with Gasteiger partial charge >= 0.3 is 0 Å². The Balaban J connectivity index is 1.53. The van der Waals surface area contributed by atoms with E-state index in [-0.39, 0.29) is 24.0 Å². The van der Waals surface area contributed by atoms with Crippen LogP contribution in [0.15, 0.2) is 100 Å². The van der Waals surface area contributed by atoms with E-state index < -0.39 is 6.04 Å². The summed E-state index contributed by atoms with van der Waals surface area (Å²) >= 11 is 7.77. The Hall–Kier alpha value is -3.61. The van der Waals surface area contributed by atoms with E-state index in [2.05, 4.69) is 5.32 Å². The number of hydrogen-bond donors (Lipinski definition) is 1. The molecule has 2 aliphatic rings. The third-order valence-electron chi connectivity index (χ3n) is 6.79. The molecule has 1 amide bonds. The van der Waals surface area contributed by atoms with Crippen LogP contribution in [0.3, 0.4) is 0 Å². The van der Waals surface area contributed by atoms with Gasteiger partial charge in [-0.1, -0.05) is 41.9 Å². The number of halogens is 1. The zero-order valence-corrected chi connectivity index (χ0v) is 20.9. The molecule has 36 heavy (non-hydrogen) atoms. The maximum Gasteiger partial charge on any atom is 0.233 e. The lowest BCUT2D eigenvalue weighted by Gasteiger charge is -2.35. The number of anilines is 2. The Kier molecular flexibility index (Phi) is 5.99. The maximum atomic E-state index is 14.0. The van der Waals surface area contributed by atoms with Crippen LogP contribution in [0.2, 0.25) is 5.02 Å². The number of furan rings is 1. The molecule has 3 heterocycles. The number of carbonyl (C=O) groups is 2. The Morgan fingerprint density at radius 3 is 2.61 bits per heavy atom. The molecule has 1 aliphatic carbocycles. The van der Waals surface area contributed by atoms with Crippen LogP contribution in [0.4, 0.5) is 11.4 Å². The molecule has 2 aromatic heterocycles. The minimum absolute atomic E-state index is 0.00632. The number of para-hydroxylation sites is 2. The molecule has 0 bridgehead atoms. The second kappa shape index (κ2) is 9.45. The summed E-state index contributed by atoms with van der Waals surface area (Å²) in [6.45, 7) is 0. The van der Waals surface area contributed by atoms with E-state index in [0.717, 1.165) is 33.3 Å². The number of allylic oxidation sites excluding steroid dienone is 1. The van der Waals surface area contributed by atoms with E-state index in [0.29, 0.717) is 23.4 Å². The fourth-order valence-corrected chi connectivity index (χ4v) is 6.02. The molecule has 0 saturated heterocycles. The number of fused-ring (bicyclic) bond motifs is 1. The van der Waals surface area contributed by atoms with Gasteiger partial charge in [0.25, 0.3) is 0 Å². The summed E-state index contributed by atoms with van der Waals surface area (Å²) in [5, 5.41) is 6.11.